The second-order valence-corrected chi connectivity index (χ2v) is 9.69. The minimum absolute atomic E-state index is 0.0432. The lowest BCUT2D eigenvalue weighted by molar-refractivity contribution is -0.384. The van der Waals surface area contributed by atoms with Crippen LogP contribution in [0.15, 0.2) is 88.7 Å². The van der Waals surface area contributed by atoms with Gasteiger partial charge in [0, 0.05) is 34.0 Å². The van der Waals surface area contributed by atoms with E-state index in [1.807, 2.05) is 60.0 Å². The summed E-state index contributed by atoms with van der Waals surface area (Å²) in [5, 5.41) is 18.5. The smallest absolute Gasteiger partial charge is 0.408 e. The van der Waals surface area contributed by atoms with Crippen molar-refractivity contribution in [2.45, 2.75) is 19.1 Å². The van der Waals surface area contributed by atoms with Crippen molar-refractivity contribution < 1.29 is 19.2 Å². The third-order valence-electron chi connectivity index (χ3n) is 5.28. The highest BCUT2D eigenvalue weighted by atomic mass is 79.9. The zero-order valence-electron chi connectivity index (χ0n) is 19.3. The van der Waals surface area contributed by atoms with Crippen LogP contribution in [0.2, 0.25) is 0 Å². The molecule has 0 aliphatic rings. The first-order valence-electron chi connectivity index (χ1n) is 11.1. The monoisotopic (exact) mass is 580 g/mol. The number of nitrogens with zero attached hydrogens (tertiary/aromatic N) is 2. The van der Waals surface area contributed by atoms with Gasteiger partial charge in [-0.2, -0.15) is 0 Å². The Kier molecular flexibility index (Phi) is 8.60. The van der Waals surface area contributed by atoms with E-state index in [4.69, 9.17) is 4.74 Å². The summed E-state index contributed by atoms with van der Waals surface area (Å²) in [5.74, 6) is -0.494. The number of thiazole rings is 1. The summed E-state index contributed by atoms with van der Waals surface area (Å²) in [4.78, 5) is 40.6. The number of nitro benzene ring substituents is 1. The number of hydrogen-bond donors (Lipinski definition) is 2. The number of carbonyl (C=O) groups excluding carboxylic acids is 2. The molecule has 0 aliphatic carbocycles. The summed E-state index contributed by atoms with van der Waals surface area (Å²) in [6.07, 6.45) is -0.671. The predicted octanol–water partition coefficient (Wildman–Crippen LogP) is 5.96. The number of ether oxygens (including phenoxy) is 1. The van der Waals surface area contributed by atoms with Crippen LogP contribution < -0.4 is 10.6 Å². The van der Waals surface area contributed by atoms with E-state index in [-0.39, 0.29) is 18.7 Å². The molecule has 2 N–H and O–H groups in total. The standard InChI is InChI=1S/C26H21BrN4O5S/c27-20-10-8-19(9-11-20)23-16-37-25(28-23)30-24(32)22(14-17-6-12-21(13-7-17)31(34)35)29-26(33)36-15-18-4-2-1-3-5-18/h1-13,16,22H,14-15H2,(H,29,33)(H,28,30,32). The van der Waals surface area contributed by atoms with Crippen molar-refractivity contribution in [3.63, 3.8) is 0 Å². The van der Waals surface area contributed by atoms with E-state index >= 15 is 0 Å². The number of rotatable bonds is 9. The minimum atomic E-state index is -1.01. The van der Waals surface area contributed by atoms with Crippen molar-refractivity contribution in [2.75, 3.05) is 5.32 Å². The topological polar surface area (TPSA) is 123 Å². The lowest BCUT2D eigenvalue weighted by Crippen LogP contribution is -2.45. The molecule has 1 aromatic heterocycles. The molecular weight excluding hydrogens is 560 g/mol. The summed E-state index contributed by atoms with van der Waals surface area (Å²) in [6.45, 7) is 0.0432. The Morgan fingerprint density at radius 1 is 1.00 bits per heavy atom. The number of amides is 2. The van der Waals surface area contributed by atoms with Gasteiger partial charge in [0.2, 0.25) is 5.91 Å². The summed E-state index contributed by atoms with van der Waals surface area (Å²) in [7, 11) is 0. The predicted molar refractivity (Wildman–Crippen MR) is 144 cm³/mol. The maximum Gasteiger partial charge on any atom is 0.408 e. The van der Waals surface area contributed by atoms with E-state index < -0.39 is 23.0 Å². The summed E-state index contributed by atoms with van der Waals surface area (Å²) < 4.78 is 6.23. The normalized spacial score (nSPS) is 11.4. The van der Waals surface area contributed by atoms with Gasteiger partial charge in [0.15, 0.2) is 5.13 Å². The third-order valence-corrected chi connectivity index (χ3v) is 6.57. The van der Waals surface area contributed by atoms with Crippen LogP contribution in [0.25, 0.3) is 11.3 Å². The van der Waals surface area contributed by atoms with E-state index in [1.165, 1.54) is 23.5 Å². The Morgan fingerprint density at radius 2 is 1.70 bits per heavy atom. The lowest BCUT2D eigenvalue weighted by atomic mass is 10.0. The van der Waals surface area contributed by atoms with Gasteiger partial charge >= 0.3 is 6.09 Å². The summed E-state index contributed by atoms with van der Waals surface area (Å²) in [5.41, 5.74) is 2.96. The van der Waals surface area contributed by atoms with Gasteiger partial charge in [0.25, 0.3) is 5.69 Å². The van der Waals surface area contributed by atoms with Crippen molar-refractivity contribution >= 4 is 50.1 Å². The highest BCUT2D eigenvalue weighted by molar-refractivity contribution is 9.10. The number of nitro groups is 1. The third kappa shape index (κ3) is 7.45. The number of carbonyl (C=O) groups is 2. The molecule has 0 saturated carbocycles. The molecule has 188 valence electrons. The number of hydrogen-bond acceptors (Lipinski definition) is 7. The molecule has 4 aromatic rings. The Balaban J connectivity index is 1.46. The zero-order chi connectivity index (χ0) is 26.2. The van der Waals surface area contributed by atoms with Crippen molar-refractivity contribution in [1.82, 2.24) is 10.3 Å². The Bertz CT molecular complexity index is 1380. The van der Waals surface area contributed by atoms with E-state index in [9.17, 15) is 19.7 Å². The van der Waals surface area contributed by atoms with Gasteiger partial charge in [0.1, 0.15) is 12.6 Å². The van der Waals surface area contributed by atoms with E-state index in [0.717, 1.165) is 15.6 Å². The Hall–Kier alpha value is -4.09. The average molecular weight is 581 g/mol. The molecule has 1 unspecified atom stereocenters. The molecule has 4 rings (SSSR count). The number of anilines is 1. The molecule has 9 nitrogen and oxygen atoms in total. The fourth-order valence-electron chi connectivity index (χ4n) is 3.38. The molecule has 1 heterocycles. The summed E-state index contributed by atoms with van der Waals surface area (Å²) in [6, 6.07) is 21.6. The van der Waals surface area contributed by atoms with Crippen LogP contribution >= 0.6 is 27.3 Å². The first-order valence-corrected chi connectivity index (χ1v) is 12.8. The molecule has 1 atom stereocenters. The fourth-order valence-corrected chi connectivity index (χ4v) is 4.37. The van der Waals surface area contributed by atoms with E-state index in [1.54, 1.807) is 12.1 Å². The molecule has 11 heteroatoms. The molecule has 2 amide bonds. The van der Waals surface area contributed by atoms with Gasteiger partial charge in [0.05, 0.1) is 10.6 Å². The summed E-state index contributed by atoms with van der Waals surface area (Å²) >= 11 is 4.66. The van der Waals surface area contributed by atoms with Crippen molar-refractivity contribution in [3.05, 3.63) is 110 Å². The largest absolute Gasteiger partial charge is 0.445 e. The maximum atomic E-state index is 13.2. The molecule has 0 saturated heterocycles. The number of halogens is 1. The lowest BCUT2D eigenvalue weighted by Gasteiger charge is -2.18. The molecule has 0 aliphatic heterocycles. The van der Waals surface area contributed by atoms with Crippen LogP contribution in [-0.2, 0) is 22.6 Å². The van der Waals surface area contributed by atoms with Crippen molar-refractivity contribution in [1.29, 1.82) is 0 Å². The van der Waals surface area contributed by atoms with Gasteiger partial charge in [-0.1, -0.05) is 70.5 Å². The van der Waals surface area contributed by atoms with Crippen LogP contribution in [0.3, 0.4) is 0 Å². The zero-order valence-corrected chi connectivity index (χ0v) is 21.7. The van der Waals surface area contributed by atoms with E-state index in [0.29, 0.717) is 16.4 Å². The van der Waals surface area contributed by atoms with E-state index in [2.05, 4.69) is 31.5 Å². The minimum Gasteiger partial charge on any atom is -0.445 e. The van der Waals surface area contributed by atoms with Crippen LogP contribution in [0.4, 0.5) is 15.6 Å². The second kappa shape index (κ2) is 12.2. The number of non-ortho nitro benzene ring substituents is 1. The van der Waals surface area contributed by atoms with Crippen LogP contribution in [0.5, 0.6) is 0 Å². The molecule has 0 fully saturated rings. The molecule has 3 aromatic carbocycles. The number of nitrogens with one attached hydrogen (secondary N) is 2. The first-order chi connectivity index (χ1) is 17.9. The van der Waals surface area contributed by atoms with Crippen LogP contribution in [-0.4, -0.2) is 27.9 Å². The average Bonchev–Trinajstić information content (AvgIpc) is 3.37. The van der Waals surface area contributed by atoms with Crippen LogP contribution in [0, 0.1) is 10.1 Å². The van der Waals surface area contributed by atoms with Crippen molar-refractivity contribution in [3.8, 4) is 11.3 Å². The highest BCUT2D eigenvalue weighted by Gasteiger charge is 2.24. The van der Waals surface area contributed by atoms with Gasteiger partial charge in [-0.05, 0) is 23.3 Å². The van der Waals surface area contributed by atoms with Gasteiger partial charge in [-0.15, -0.1) is 11.3 Å². The van der Waals surface area contributed by atoms with Crippen LogP contribution in [0.1, 0.15) is 11.1 Å². The Labute approximate surface area is 224 Å². The SMILES string of the molecule is O=C(NC(Cc1ccc([N+](=O)[O-])cc1)C(=O)Nc1nc(-c2ccc(Br)cc2)cs1)OCc1ccccc1. The maximum absolute atomic E-state index is 13.2. The number of benzene rings is 3. The fraction of sp³-hybridized carbons (Fsp3) is 0.115. The van der Waals surface area contributed by atoms with Gasteiger partial charge in [-0.3, -0.25) is 14.9 Å². The van der Waals surface area contributed by atoms with Gasteiger partial charge < -0.3 is 15.4 Å². The van der Waals surface area contributed by atoms with Gasteiger partial charge in [-0.25, -0.2) is 9.78 Å². The first kappa shape index (κ1) is 26.0. The molecular formula is C26H21BrN4O5S. The molecule has 37 heavy (non-hydrogen) atoms. The Morgan fingerprint density at radius 3 is 2.38 bits per heavy atom. The van der Waals surface area contributed by atoms with Crippen molar-refractivity contribution in [2.24, 2.45) is 0 Å². The molecule has 0 radical (unpaired) electrons. The highest BCUT2D eigenvalue weighted by Crippen LogP contribution is 2.26. The number of alkyl carbamates (subject to hydrolysis) is 1. The molecule has 0 bridgehead atoms. The molecule has 0 spiro atoms. The second-order valence-electron chi connectivity index (χ2n) is 7.92. The quantitative estimate of drug-likeness (QED) is 0.186. The number of aromatic nitrogens is 1.